The number of hydrogen-bond acceptors (Lipinski definition) is 3. The Labute approximate surface area is 131 Å². The molecule has 0 spiro atoms. The smallest absolute Gasteiger partial charge is 0.282 e. The number of quaternary nitrogens is 1. The summed E-state index contributed by atoms with van der Waals surface area (Å²) in [5.74, 6) is -0.0393. The van der Waals surface area contributed by atoms with E-state index in [0.29, 0.717) is 11.3 Å². The highest BCUT2D eigenvalue weighted by atomic mass is 16.5. The summed E-state index contributed by atoms with van der Waals surface area (Å²) in [5.41, 5.74) is 1.27. The largest absolute Gasteiger partial charge is 0.364 e. The molecule has 0 saturated carbocycles. The molecule has 0 unspecified atom stereocenters. The van der Waals surface area contributed by atoms with E-state index < -0.39 is 0 Å². The predicted octanol–water partition coefficient (Wildman–Crippen LogP) is 0.908. The van der Waals surface area contributed by atoms with Crippen LogP contribution in [0.5, 0.6) is 0 Å². The van der Waals surface area contributed by atoms with Crippen LogP contribution in [0, 0.1) is 0 Å². The Morgan fingerprint density at radius 3 is 2.50 bits per heavy atom. The van der Waals surface area contributed by atoms with E-state index in [1.54, 1.807) is 24.3 Å². The molecule has 1 aromatic carbocycles. The number of Topliss-reactive ketones (excluding diaryl/α,β-unsaturated/α-hetero) is 1. The van der Waals surface area contributed by atoms with Crippen molar-refractivity contribution in [2.45, 2.75) is 45.9 Å². The first-order valence-electron chi connectivity index (χ1n) is 7.78. The van der Waals surface area contributed by atoms with Gasteiger partial charge in [-0.3, -0.25) is 9.59 Å². The Hall–Kier alpha value is -1.72. The fourth-order valence-electron chi connectivity index (χ4n) is 2.92. The highest BCUT2D eigenvalue weighted by molar-refractivity contribution is 5.97. The SMILES string of the molecule is CC(=O)c1cccc(NC(=O)[C@H](C)[NH+]2C[C@H](C)O[C@@H](C)C2)c1. The van der Waals surface area contributed by atoms with Gasteiger partial charge in [0, 0.05) is 11.3 Å². The summed E-state index contributed by atoms with van der Waals surface area (Å²) in [6, 6.07) is 6.89. The molecule has 0 aliphatic carbocycles. The first-order valence-corrected chi connectivity index (χ1v) is 7.78. The maximum absolute atomic E-state index is 12.4. The van der Waals surface area contributed by atoms with Crippen molar-refractivity contribution in [2.24, 2.45) is 0 Å². The number of amides is 1. The van der Waals surface area contributed by atoms with Gasteiger partial charge in [-0.25, -0.2) is 0 Å². The lowest BCUT2D eigenvalue weighted by atomic mass is 10.1. The van der Waals surface area contributed by atoms with Crippen molar-refractivity contribution in [2.75, 3.05) is 18.4 Å². The Balaban J connectivity index is 2.02. The molecule has 1 aliphatic rings. The van der Waals surface area contributed by atoms with E-state index in [4.69, 9.17) is 4.74 Å². The number of benzene rings is 1. The van der Waals surface area contributed by atoms with Crippen molar-refractivity contribution >= 4 is 17.4 Å². The molecule has 1 heterocycles. The zero-order chi connectivity index (χ0) is 16.3. The summed E-state index contributed by atoms with van der Waals surface area (Å²) in [5, 5.41) is 2.91. The van der Waals surface area contributed by atoms with Crippen LogP contribution in [0.25, 0.3) is 0 Å². The number of morpholine rings is 1. The van der Waals surface area contributed by atoms with Gasteiger partial charge in [0.25, 0.3) is 5.91 Å². The summed E-state index contributed by atoms with van der Waals surface area (Å²) in [6.45, 7) is 9.18. The van der Waals surface area contributed by atoms with Crippen molar-refractivity contribution in [1.29, 1.82) is 0 Å². The summed E-state index contributed by atoms with van der Waals surface area (Å²) >= 11 is 0. The van der Waals surface area contributed by atoms with Gasteiger partial charge in [0.2, 0.25) is 0 Å². The van der Waals surface area contributed by atoms with Crippen molar-refractivity contribution in [3.63, 3.8) is 0 Å². The molecule has 0 aromatic heterocycles. The second-order valence-corrected chi connectivity index (χ2v) is 6.17. The molecule has 2 rings (SSSR count). The Kier molecular flexibility index (Phi) is 5.32. The van der Waals surface area contributed by atoms with E-state index in [2.05, 4.69) is 5.32 Å². The zero-order valence-electron chi connectivity index (χ0n) is 13.7. The predicted molar refractivity (Wildman–Crippen MR) is 85.2 cm³/mol. The van der Waals surface area contributed by atoms with Gasteiger partial charge in [0.15, 0.2) is 11.8 Å². The van der Waals surface area contributed by atoms with Crippen molar-refractivity contribution in [3.05, 3.63) is 29.8 Å². The van der Waals surface area contributed by atoms with Crippen molar-refractivity contribution < 1.29 is 19.2 Å². The molecular formula is C17H25N2O3+. The molecule has 1 amide bonds. The average Bonchev–Trinajstić information content (AvgIpc) is 2.45. The summed E-state index contributed by atoms with van der Waals surface area (Å²) < 4.78 is 5.72. The van der Waals surface area contributed by atoms with Crippen LogP contribution in [-0.2, 0) is 9.53 Å². The third kappa shape index (κ3) is 4.15. The lowest BCUT2D eigenvalue weighted by Crippen LogP contribution is -3.19. The van der Waals surface area contributed by atoms with Gasteiger partial charge >= 0.3 is 0 Å². The van der Waals surface area contributed by atoms with Gasteiger partial charge in [0.05, 0.1) is 0 Å². The minimum absolute atomic E-state index is 0.00870. The monoisotopic (exact) mass is 305 g/mol. The molecule has 1 aliphatic heterocycles. The number of rotatable bonds is 4. The molecule has 0 radical (unpaired) electrons. The van der Waals surface area contributed by atoms with Crippen LogP contribution in [0.3, 0.4) is 0 Å². The zero-order valence-corrected chi connectivity index (χ0v) is 13.7. The van der Waals surface area contributed by atoms with Crippen molar-refractivity contribution in [1.82, 2.24) is 0 Å². The average molecular weight is 305 g/mol. The summed E-state index contributed by atoms with van der Waals surface area (Å²) in [4.78, 5) is 25.1. The van der Waals surface area contributed by atoms with Crippen LogP contribution >= 0.6 is 0 Å². The van der Waals surface area contributed by atoms with E-state index in [-0.39, 0.29) is 29.9 Å². The van der Waals surface area contributed by atoms with Crippen molar-refractivity contribution in [3.8, 4) is 0 Å². The minimum Gasteiger partial charge on any atom is -0.364 e. The van der Waals surface area contributed by atoms with Crippen LogP contribution in [0.2, 0.25) is 0 Å². The molecule has 1 saturated heterocycles. The number of carbonyl (C=O) groups excluding carboxylic acids is 2. The first kappa shape index (κ1) is 16.6. The third-order valence-corrected chi connectivity index (χ3v) is 4.11. The summed E-state index contributed by atoms with van der Waals surface area (Å²) in [6.07, 6.45) is 0.324. The molecule has 1 fully saturated rings. The van der Waals surface area contributed by atoms with E-state index >= 15 is 0 Å². The maximum atomic E-state index is 12.4. The van der Waals surface area contributed by atoms with E-state index in [1.807, 2.05) is 20.8 Å². The second kappa shape index (κ2) is 7.03. The Bertz CT molecular complexity index is 549. The number of anilines is 1. The third-order valence-electron chi connectivity index (χ3n) is 4.11. The van der Waals surface area contributed by atoms with E-state index in [0.717, 1.165) is 13.1 Å². The fourth-order valence-corrected chi connectivity index (χ4v) is 2.92. The van der Waals surface area contributed by atoms with Crippen LogP contribution < -0.4 is 10.2 Å². The highest BCUT2D eigenvalue weighted by Crippen LogP contribution is 2.11. The second-order valence-electron chi connectivity index (χ2n) is 6.17. The fraction of sp³-hybridized carbons (Fsp3) is 0.529. The number of hydrogen-bond donors (Lipinski definition) is 2. The molecule has 5 heteroatoms. The number of carbonyl (C=O) groups is 2. The van der Waals surface area contributed by atoms with Gasteiger partial charge < -0.3 is 15.0 Å². The maximum Gasteiger partial charge on any atom is 0.282 e. The van der Waals surface area contributed by atoms with E-state index in [9.17, 15) is 9.59 Å². The minimum atomic E-state index is -0.158. The van der Waals surface area contributed by atoms with Gasteiger partial charge in [0.1, 0.15) is 25.3 Å². The lowest BCUT2D eigenvalue weighted by Gasteiger charge is -2.35. The van der Waals surface area contributed by atoms with Crippen LogP contribution in [0.15, 0.2) is 24.3 Å². The molecule has 2 N–H and O–H groups in total. The van der Waals surface area contributed by atoms with Crippen LogP contribution in [0.1, 0.15) is 38.1 Å². The molecule has 0 bridgehead atoms. The molecule has 3 atom stereocenters. The summed E-state index contributed by atoms with van der Waals surface area (Å²) in [7, 11) is 0. The number of nitrogens with one attached hydrogen (secondary N) is 2. The quantitative estimate of drug-likeness (QED) is 0.813. The van der Waals surface area contributed by atoms with Gasteiger partial charge in [-0.2, -0.15) is 0 Å². The lowest BCUT2D eigenvalue weighted by molar-refractivity contribution is -0.928. The number of ketones is 1. The Morgan fingerprint density at radius 1 is 1.27 bits per heavy atom. The molecule has 5 nitrogen and oxygen atoms in total. The van der Waals surface area contributed by atoms with Crippen LogP contribution in [-0.4, -0.2) is 43.0 Å². The molecule has 120 valence electrons. The standard InChI is InChI=1S/C17H24N2O3/c1-11-9-19(10-12(2)22-11)13(3)17(21)18-16-7-5-6-15(8-16)14(4)20/h5-8,11-13H,9-10H2,1-4H3,(H,18,21)/p+1/t11-,12-,13-/m0/s1. The van der Waals surface area contributed by atoms with Gasteiger partial charge in [-0.05, 0) is 39.8 Å². The highest BCUT2D eigenvalue weighted by Gasteiger charge is 2.32. The van der Waals surface area contributed by atoms with Gasteiger partial charge in [-0.1, -0.05) is 12.1 Å². The Morgan fingerprint density at radius 2 is 1.91 bits per heavy atom. The molecule has 1 aromatic rings. The first-order chi connectivity index (χ1) is 10.4. The topological polar surface area (TPSA) is 59.8 Å². The van der Waals surface area contributed by atoms with Crippen LogP contribution in [0.4, 0.5) is 5.69 Å². The van der Waals surface area contributed by atoms with E-state index in [1.165, 1.54) is 11.8 Å². The number of ether oxygens (including phenoxy) is 1. The molecule has 22 heavy (non-hydrogen) atoms. The van der Waals surface area contributed by atoms with Gasteiger partial charge in [-0.15, -0.1) is 0 Å². The normalized spacial score (nSPS) is 26.3. The molecular weight excluding hydrogens is 280 g/mol.